The van der Waals surface area contributed by atoms with Crippen LogP contribution in [-0.2, 0) is 4.74 Å². The summed E-state index contributed by atoms with van der Waals surface area (Å²) in [5, 5.41) is 11.7. The van der Waals surface area contributed by atoms with Gasteiger partial charge in [-0.25, -0.2) is 9.59 Å². The number of likely N-dealkylation sites (tertiary alicyclic amines) is 1. The van der Waals surface area contributed by atoms with Crippen LogP contribution in [0.2, 0.25) is 0 Å². The highest BCUT2D eigenvalue weighted by Gasteiger charge is 2.58. The van der Waals surface area contributed by atoms with Crippen LogP contribution in [0.25, 0.3) is 0 Å². The molecule has 19 heavy (non-hydrogen) atoms. The second kappa shape index (κ2) is 4.58. The Kier molecular flexibility index (Phi) is 3.36. The van der Waals surface area contributed by atoms with Crippen molar-refractivity contribution in [3.63, 3.8) is 0 Å². The van der Waals surface area contributed by atoms with Crippen molar-refractivity contribution in [1.82, 2.24) is 10.2 Å². The first kappa shape index (κ1) is 14.0. The topological polar surface area (TPSA) is 78.9 Å². The predicted octanol–water partition coefficient (Wildman–Crippen LogP) is 1.76. The number of carbonyl (C=O) groups is 2. The molecule has 0 aromatic carbocycles. The van der Waals surface area contributed by atoms with Crippen molar-refractivity contribution in [2.45, 2.75) is 39.3 Å². The maximum Gasteiger partial charge on any atom is 0.407 e. The van der Waals surface area contributed by atoms with E-state index in [2.05, 4.69) is 5.32 Å². The lowest BCUT2D eigenvalue weighted by molar-refractivity contribution is 0.0497. The third-order valence-corrected chi connectivity index (χ3v) is 3.85. The first-order chi connectivity index (χ1) is 8.69. The van der Waals surface area contributed by atoms with Crippen LogP contribution in [-0.4, -0.2) is 46.9 Å². The SMILES string of the molecule is CC(NC(=O)OC(C)(C)C)C1C2CN(C(=O)O)CC21. The van der Waals surface area contributed by atoms with E-state index in [4.69, 9.17) is 9.84 Å². The number of amides is 2. The van der Waals surface area contributed by atoms with E-state index in [0.29, 0.717) is 30.8 Å². The van der Waals surface area contributed by atoms with Crippen molar-refractivity contribution in [2.24, 2.45) is 17.8 Å². The summed E-state index contributed by atoms with van der Waals surface area (Å²) < 4.78 is 5.21. The number of nitrogens with zero attached hydrogens (tertiary/aromatic N) is 1. The largest absolute Gasteiger partial charge is 0.465 e. The molecule has 2 amide bonds. The molecular formula is C13H22N2O4. The molecule has 2 fully saturated rings. The molecular weight excluding hydrogens is 248 g/mol. The number of nitrogens with one attached hydrogen (secondary N) is 1. The monoisotopic (exact) mass is 270 g/mol. The van der Waals surface area contributed by atoms with Crippen LogP contribution in [0.15, 0.2) is 0 Å². The molecule has 3 unspecified atom stereocenters. The second-order valence-corrected chi connectivity index (χ2v) is 6.53. The molecule has 1 aliphatic carbocycles. The van der Waals surface area contributed by atoms with E-state index in [1.165, 1.54) is 4.90 Å². The van der Waals surface area contributed by atoms with Gasteiger partial charge in [0.1, 0.15) is 5.60 Å². The van der Waals surface area contributed by atoms with Gasteiger partial charge in [0.05, 0.1) is 0 Å². The number of alkyl carbamates (subject to hydrolysis) is 1. The molecule has 0 aromatic heterocycles. The summed E-state index contributed by atoms with van der Waals surface area (Å²) in [5.41, 5.74) is -0.497. The Morgan fingerprint density at radius 1 is 1.32 bits per heavy atom. The van der Waals surface area contributed by atoms with Crippen molar-refractivity contribution < 1.29 is 19.4 Å². The van der Waals surface area contributed by atoms with Gasteiger partial charge in [0.15, 0.2) is 0 Å². The lowest BCUT2D eigenvalue weighted by atomic mass is 10.1. The highest BCUT2D eigenvalue weighted by Crippen LogP contribution is 2.53. The van der Waals surface area contributed by atoms with Crippen LogP contribution >= 0.6 is 0 Å². The Labute approximate surface area is 113 Å². The highest BCUT2D eigenvalue weighted by atomic mass is 16.6. The lowest BCUT2D eigenvalue weighted by Crippen LogP contribution is -2.41. The van der Waals surface area contributed by atoms with E-state index in [9.17, 15) is 9.59 Å². The zero-order valence-corrected chi connectivity index (χ0v) is 11.8. The number of carboxylic acid groups (broad SMARTS) is 1. The number of ether oxygens (including phenoxy) is 1. The van der Waals surface area contributed by atoms with Crippen molar-refractivity contribution in [3.05, 3.63) is 0 Å². The smallest absolute Gasteiger partial charge is 0.407 e. The average molecular weight is 270 g/mol. The van der Waals surface area contributed by atoms with Gasteiger partial charge >= 0.3 is 12.2 Å². The zero-order chi connectivity index (χ0) is 14.4. The summed E-state index contributed by atoms with van der Waals surface area (Å²) in [6.45, 7) is 8.61. The normalized spacial score (nSPS) is 30.5. The molecule has 0 bridgehead atoms. The van der Waals surface area contributed by atoms with Gasteiger partial charge in [0.25, 0.3) is 0 Å². The number of hydrogen-bond donors (Lipinski definition) is 2. The molecule has 2 rings (SSSR count). The molecule has 1 aliphatic heterocycles. The van der Waals surface area contributed by atoms with Gasteiger partial charge in [0.2, 0.25) is 0 Å². The van der Waals surface area contributed by atoms with Gasteiger partial charge in [-0.1, -0.05) is 0 Å². The number of rotatable bonds is 2. The standard InChI is InChI=1S/C13H22N2O4/c1-7(14-11(16)19-13(2,3)4)10-8-5-15(12(17)18)6-9(8)10/h7-10H,5-6H2,1-4H3,(H,14,16)(H,17,18). The van der Waals surface area contributed by atoms with Crippen molar-refractivity contribution in [1.29, 1.82) is 0 Å². The van der Waals surface area contributed by atoms with Crippen LogP contribution in [0.4, 0.5) is 9.59 Å². The quantitative estimate of drug-likeness (QED) is 0.801. The molecule has 0 spiro atoms. The van der Waals surface area contributed by atoms with E-state index in [0.717, 1.165) is 0 Å². The van der Waals surface area contributed by atoms with E-state index in [1.54, 1.807) is 0 Å². The van der Waals surface area contributed by atoms with Gasteiger partial charge in [-0.05, 0) is 45.4 Å². The summed E-state index contributed by atoms with van der Waals surface area (Å²) >= 11 is 0. The number of piperidine rings is 1. The number of fused-ring (bicyclic) bond motifs is 1. The summed E-state index contributed by atoms with van der Waals surface area (Å²) in [4.78, 5) is 23.9. The molecule has 0 radical (unpaired) electrons. The number of hydrogen-bond acceptors (Lipinski definition) is 3. The molecule has 1 heterocycles. The van der Waals surface area contributed by atoms with Gasteiger partial charge in [-0.3, -0.25) is 0 Å². The molecule has 3 atom stereocenters. The summed E-state index contributed by atoms with van der Waals surface area (Å²) in [5.74, 6) is 1.16. The summed E-state index contributed by atoms with van der Waals surface area (Å²) in [7, 11) is 0. The fraction of sp³-hybridized carbons (Fsp3) is 0.846. The van der Waals surface area contributed by atoms with Crippen LogP contribution < -0.4 is 5.32 Å². The van der Waals surface area contributed by atoms with Crippen LogP contribution in [0.3, 0.4) is 0 Å². The lowest BCUT2D eigenvalue weighted by Gasteiger charge is -2.23. The summed E-state index contributed by atoms with van der Waals surface area (Å²) in [6, 6.07) is 0.0285. The van der Waals surface area contributed by atoms with Crippen LogP contribution in [0, 0.1) is 17.8 Å². The predicted molar refractivity (Wildman–Crippen MR) is 68.9 cm³/mol. The molecule has 0 aromatic rings. The molecule has 2 N–H and O–H groups in total. The molecule has 2 aliphatic rings. The third kappa shape index (κ3) is 3.11. The molecule has 6 nitrogen and oxygen atoms in total. The molecule has 1 saturated heterocycles. The van der Waals surface area contributed by atoms with Gasteiger partial charge < -0.3 is 20.1 Å². The Bertz CT molecular complexity index is 379. The molecule has 108 valence electrons. The first-order valence-corrected chi connectivity index (χ1v) is 6.66. The second-order valence-electron chi connectivity index (χ2n) is 6.53. The fourth-order valence-corrected chi connectivity index (χ4v) is 3.06. The van der Waals surface area contributed by atoms with E-state index in [-0.39, 0.29) is 6.04 Å². The summed E-state index contributed by atoms with van der Waals surface area (Å²) in [6.07, 6.45) is -1.25. The number of carbonyl (C=O) groups excluding carboxylic acids is 1. The maximum atomic E-state index is 11.7. The van der Waals surface area contributed by atoms with Crippen LogP contribution in [0.1, 0.15) is 27.7 Å². The third-order valence-electron chi connectivity index (χ3n) is 3.85. The molecule has 6 heteroatoms. The minimum atomic E-state index is -0.848. The van der Waals surface area contributed by atoms with E-state index < -0.39 is 17.8 Å². The highest BCUT2D eigenvalue weighted by molar-refractivity contribution is 5.68. The van der Waals surface area contributed by atoms with E-state index >= 15 is 0 Å². The van der Waals surface area contributed by atoms with Crippen molar-refractivity contribution in [3.8, 4) is 0 Å². The van der Waals surface area contributed by atoms with E-state index in [1.807, 2.05) is 27.7 Å². The Hall–Kier alpha value is -1.46. The van der Waals surface area contributed by atoms with Gasteiger partial charge in [-0.15, -0.1) is 0 Å². The fourth-order valence-electron chi connectivity index (χ4n) is 3.06. The van der Waals surface area contributed by atoms with Gasteiger partial charge in [0, 0.05) is 19.1 Å². The Balaban J connectivity index is 1.77. The van der Waals surface area contributed by atoms with Crippen molar-refractivity contribution in [2.75, 3.05) is 13.1 Å². The minimum Gasteiger partial charge on any atom is -0.465 e. The molecule has 1 saturated carbocycles. The Morgan fingerprint density at radius 3 is 2.26 bits per heavy atom. The minimum absolute atomic E-state index is 0.0285. The van der Waals surface area contributed by atoms with Gasteiger partial charge in [-0.2, -0.15) is 0 Å². The zero-order valence-electron chi connectivity index (χ0n) is 11.8. The van der Waals surface area contributed by atoms with Crippen LogP contribution in [0.5, 0.6) is 0 Å². The first-order valence-electron chi connectivity index (χ1n) is 6.66. The average Bonchev–Trinajstić information content (AvgIpc) is 2.71. The maximum absolute atomic E-state index is 11.7. The van der Waals surface area contributed by atoms with Crippen molar-refractivity contribution >= 4 is 12.2 Å². The Morgan fingerprint density at radius 2 is 1.84 bits per heavy atom.